The molecule has 2 aromatic rings. The van der Waals surface area contributed by atoms with E-state index in [0.29, 0.717) is 0 Å². The van der Waals surface area contributed by atoms with Crippen molar-refractivity contribution in [2.24, 2.45) is 16.7 Å². The molecule has 3 fully saturated rings. The second-order valence-electron chi connectivity index (χ2n) is 18.2. The molecule has 63 heavy (non-hydrogen) atoms. The van der Waals surface area contributed by atoms with Crippen molar-refractivity contribution in [1.82, 2.24) is 5.32 Å². The predicted molar refractivity (Wildman–Crippen MR) is 221 cm³/mol. The normalized spacial score (nSPS) is 31.7. The third kappa shape index (κ3) is 8.23. The predicted octanol–water partition coefficient (Wildman–Crippen LogP) is 3.83. The van der Waals surface area contributed by atoms with Crippen LogP contribution >= 0.6 is 0 Å². The molecule has 16 nitrogen and oxygen atoms in total. The van der Waals surface area contributed by atoms with Gasteiger partial charge in [-0.2, -0.15) is 0 Å². The molecule has 4 aliphatic rings. The van der Waals surface area contributed by atoms with E-state index in [-0.39, 0.29) is 41.7 Å². The Bertz CT molecular complexity index is 2210. The van der Waals surface area contributed by atoms with Gasteiger partial charge in [0.25, 0.3) is 0 Å². The number of amides is 1. The first-order valence-electron chi connectivity index (χ1n) is 20.7. The number of aliphatic hydroxyl groups excluding tert-OH is 2. The minimum atomic E-state index is -2.42. The first-order chi connectivity index (χ1) is 29.4. The van der Waals surface area contributed by atoms with E-state index < -0.39 is 118 Å². The highest BCUT2D eigenvalue weighted by Gasteiger charge is 2.78. The molecule has 1 aliphatic heterocycles. The molecule has 2 saturated carbocycles. The van der Waals surface area contributed by atoms with Gasteiger partial charge in [-0.1, -0.05) is 62.4 Å². The molecule has 3 aliphatic carbocycles. The Kier molecular flexibility index (Phi) is 12.8. The summed E-state index contributed by atoms with van der Waals surface area (Å²) >= 11 is 0. The molecule has 4 N–H and O–H groups in total. The van der Waals surface area contributed by atoms with E-state index in [1.165, 1.54) is 26.0 Å². The molecule has 0 aromatic heterocycles. The maximum absolute atomic E-state index is 15.5. The maximum atomic E-state index is 15.5. The molecule has 2 aromatic carbocycles. The zero-order valence-electron chi connectivity index (χ0n) is 36.5. The molecule has 1 saturated heterocycles. The molecule has 0 spiro atoms. The summed E-state index contributed by atoms with van der Waals surface area (Å²) < 4.78 is 35.7. The fourth-order valence-electron chi connectivity index (χ4n) is 10.1. The highest BCUT2D eigenvalue weighted by atomic mass is 16.6. The van der Waals surface area contributed by atoms with E-state index in [4.69, 9.17) is 34.8 Å². The van der Waals surface area contributed by atoms with Crippen LogP contribution in [0.2, 0.25) is 0 Å². The van der Waals surface area contributed by atoms with Crippen molar-refractivity contribution in [2.75, 3.05) is 6.61 Å². The number of ether oxygens (including phenoxy) is 6. The standard InChI is InChI=1S/C47H55NO15/c1-10-21-43(5,6)63-42(56)48-34(28-17-13-11-14-18-28)35(52)41(55)60-30-23-47(57)39(61-40(54)29-19-15-12-16-20-29)37-45(9,31(51)22-32-46(37,24-58-32)62-27(4)50)38(53)36(59-26(3)49)33(25(30)2)44(47,7)8/h1,11-20,30-32,34-37,39,51-52,57H,21-24H2,2-9H3,(H,48,56)/t30-,31-,32+,34-,35+,36+,37-,39-,45+,46-,47+/m0/s1. The van der Waals surface area contributed by atoms with Gasteiger partial charge >= 0.3 is 30.0 Å². The zero-order chi connectivity index (χ0) is 46.4. The molecule has 1 amide bonds. The van der Waals surface area contributed by atoms with E-state index in [1.54, 1.807) is 76.2 Å². The third-order valence-corrected chi connectivity index (χ3v) is 13.3. The molecule has 0 unspecified atom stereocenters. The SMILES string of the molecule is C#CCC(C)(C)OC(=O)N[C@@H](c1ccccc1)[C@@H](O)C(=O)O[C@H]1C[C@@]2(O)[C@@H](OC(=O)c3ccccc3)[C@@H]3[C@]4(OC(C)=O)CO[C@@H]4C[C@H](O)[C@@]3(C)C(=O)[C@H](OC(C)=O)C(=C1C)C2(C)C. The lowest BCUT2D eigenvalue weighted by atomic mass is 9.44. The van der Waals surface area contributed by atoms with Gasteiger partial charge in [-0.15, -0.1) is 12.3 Å². The van der Waals surface area contributed by atoms with Crippen LogP contribution in [0.4, 0.5) is 4.79 Å². The number of hydrogen-bond acceptors (Lipinski definition) is 15. The number of ketones is 1. The van der Waals surface area contributed by atoms with Crippen LogP contribution in [-0.4, -0.2) is 111 Å². The summed E-state index contributed by atoms with van der Waals surface area (Å²) in [6.07, 6.45) is -6.24. The Morgan fingerprint density at radius 2 is 1.59 bits per heavy atom. The molecule has 16 heteroatoms. The third-order valence-electron chi connectivity index (χ3n) is 13.3. The molecular weight excluding hydrogens is 819 g/mol. The summed E-state index contributed by atoms with van der Waals surface area (Å²) in [6, 6.07) is 14.4. The zero-order valence-corrected chi connectivity index (χ0v) is 36.5. The largest absolute Gasteiger partial charge is 0.456 e. The van der Waals surface area contributed by atoms with Gasteiger partial charge in [-0.3, -0.25) is 14.4 Å². The van der Waals surface area contributed by atoms with Gasteiger partial charge in [0.1, 0.15) is 29.5 Å². The Hall–Kier alpha value is -5.60. The average molecular weight is 874 g/mol. The highest BCUT2D eigenvalue weighted by molar-refractivity contribution is 5.95. The van der Waals surface area contributed by atoms with Crippen LogP contribution in [0, 0.1) is 29.1 Å². The number of nitrogens with one attached hydrogen (secondary N) is 1. The summed E-state index contributed by atoms with van der Waals surface area (Å²) in [5.41, 5.74) is -8.61. The van der Waals surface area contributed by atoms with Crippen molar-refractivity contribution < 1.29 is 72.5 Å². The van der Waals surface area contributed by atoms with Crippen molar-refractivity contribution in [3.05, 3.63) is 82.9 Å². The first-order valence-corrected chi connectivity index (χ1v) is 20.7. The Balaban J connectivity index is 1.52. The van der Waals surface area contributed by atoms with Gasteiger partial charge in [0.2, 0.25) is 0 Å². The highest BCUT2D eigenvalue weighted by Crippen LogP contribution is 2.64. The second kappa shape index (κ2) is 17.2. The number of aliphatic hydroxyl groups is 3. The van der Waals surface area contributed by atoms with Crippen LogP contribution in [-0.2, 0) is 47.6 Å². The molecule has 2 bridgehead atoms. The lowest BCUT2D eigenvalue weighted by Gasteiger charge is -2.67. The Labute approximate surface area is 365 Å². The average Bonchev–Trinajstić information content (AvgIpc) is 3.20. The van der Waals surface area contributed by atoms with Crippen LogP contribution in [0.3, 0.4) is 0 Å². The molecule has 11 atom stereocenters. The van der Waals surface area contributed by atoms with Crippen molar-refractivity contribution in [1.29, 1.82) is 0 Å². The Morgan fingerprint density at radius 3 is 2.14 bits per heavy atom. The number of hydrogen-bond donors (Lipinski definition) is 4. The quantitative estimate of drug-likeness (QED) is 0.109. The number of fused-ring (bicyclic) bond motifs is 5. The number of alkyl carbamates (subject to hydrolysis) is 1. The van der Waals surface area contributed by atoms with Crippen LogP contribution < -0.4 is 5.32 Å². The number of terminal acetylenes is 1. The number of rotatable bonds is 11. The summed E-state index contributed by atoms with van der Waals surface area (Å²) in [6.45, 7) is 11.0. The van der Waals surface area contributed by atoms with Crippen LogP contribution in [0.25, 0.3) is 0 Å². The summed E-state index contributed by atoms with van der Waals surface area (Å²) in [5, 5.41) is 40.0. The van der Waals surface area contributed by atoms with E-state index in [0.717, 1.165) is 13.8 Å². The molecule has 0 radical (unpaired) electrons. The van der Waals surface area contributed by atoms with Gasteiger partial charge in [-0.25, -0.2) is 14.4 Å². The van der Waals surface area contributed by atoms with E-state index >= 15 is 4.79 Å². The fraction of sp³-hybridized carbons (Fsp3) is 0.532. The van der Waals surface area contributed by atoms with Crippen molar-refractivity contribution in [2.45, 2.75) is 134 Å². The number of esters is 4. The minimum Gasteiger partial charge on any atom is -0.456 e. The van der Waals surface area contributed by atoms with Crippen molar-refractivity contribution in [3.63, 3.8) is 0 Å². The van der Waals surface area contributed by atoms with Gasteiger partial charge in [-0.05, 0) is 56.5 Å². The summed E-state index contributed by atoms with van der Waals surface area (Å²) in [4.78, 5) is 83.2. The van der Waals surface area contributed by atoms with Crippen molar-refractivity contribution >= 4 is 35.8 Å². The molecular formula is C47H55NO15. The van der Waals surface area contributed by atoms with Crippen LogP contribution in [0.5, 0.6) is 0 Å². The van der Waals surface area contributed by atoms with Gasteiger partial charge in [0, 0.05) is 38.5 Å². The summed E-state index contributed by atoms with van der Waals surface area (Å²) in [5.74, 6) is -3.95. The van der Waals surface area contributed by atoms with Gasteiger partial charge < -0.3 is 49.1 Å². The number of carbonyl (C=O) groups is 6. The summed E-state index contributed by atoms with van der Waals surface area (Å²) in [7, 11) is 0. The topological polar surface area (TPSA) is 231 Å². The number of benzene rings is 2. The number of Topliss-reactive ketones (excluding diaryl/α,β-unsaturated/α-hetero) is 1. The lowest BCUT2D eigenvalue weighted by molar-refractivity contribution is -0.346. The molecule has 6 rings (SSSR count). The fourth-order valence-corrected chi connectivity index (χ4v) is 10.1. The maximum Gasteiger partial charge on any atom is 0.408 e. The first kappa shape index (κ1) is 46.9. The van der Waals surface area contributed by atoms with Gasteiger partial charge in [0.15, 0.2) is 23.6 Å². The van der Waals surface area contributed by atoms with Crippen LogP contribution in [0.1, 0.15) is 96.6 Å². The van der Waals surface area contributed by atoms with Gasteiger partial charge in [0.05, 0.1) is 35.6 Å². The monoisotopic (exact) mass is 873 g/mol. The smallest absolute Gasteiger partial charge is 0.408 e. The molecule has 338 valence electrons. The second-order valence-corrected chi connectivity index (χ2v) is 18.2. The molecule has 1 heterocycles. The van der Waals surface area contributed by atoms with E-state index in [1.807, 2.05) is 0 Å². The van der Waals surface area contributed by atoms with E-state index in [2.05, 4.69) is 11.2 Å². The number of carbonyl (C=O) groups excluding carboxylic acids is 6. The Morgan fingerprint density at radius 1 is 0.968 bits per heavy atom. The lowest BCUT2D eigenvalue weighted by Crippen LogP contribution is -2.82. The minimum absolute atomic E-state index is 0.0260. The van der Waals surface area contributed by atoms with Crippen LogP contribution in [0.15, 0.2) is 71.8 Å². The van der Waals surface area contributed by atoms with Crippen molar-refractivity contribution in [3.8, 4) is 12.3 Å². The van der Waals surface area contributed by atoms with E-state index in [9.17, 15) is 39.3 Å².